The molecule has 1 unspecified atom stereocenters. The maximum absolute atomic E-state index is 13.1. The van der Waals surface area contributed by atoms with Gasteiger partial charge in [-0.2, -0.15) is 13.2 Å². The Morgan fingerprint density at radius 3 is 1.50 bits per heavy atom. The summed E-state index contributed by atoms with van der Waals surface area (Å²) in [6, 6.07) is 6.82. The fraction of sp³-hybridized carbons (Fsp3) is 0.600. The normalized spacial score (nSPS) is 16.4. The van der Waals surface area contributed by atoms with Crippen molar-refractivity contribution in [1.29, 1.82) is 0 Å². The Morgan fingerprint density at radius 2 is 1.22 bits per heavy atom. The van der Waals surface area contributed by atoms with Crippen LogP contribution in [0.5, 0.6) is 0 Å². The second kappa shape index (κ2) is 4.60. The summed E-state index contributed by atoms with van der Waals surface area (Å²) in [5, 5.41) is 0. The van der Waals surface area contributed by atoms with E-state index in [-0.39, 0.29) is 11.8 Å². The molecule has 0 aromatic heterocycles. The van der Waals surface area contributed by atoms with Crippen LogP contribution >= 0.6 is 0 Å². The summed E-state index contributed by atoms with van der Waals surface area (Å²) in [6.45, 7) is 8.98. The van der Waals surface area contributed by atoms with E-state index in [2.05, 4.69) is 0 Å². The standard InChI is InChI=1S/C15H21F3/c1-6-14(5,15(16,17)18)12-9-7-11(8-10-12)13(2,3)4/h7-10H,6H2,1-5H3. The van der Waals surface area contributed by atoms with Crippen LogP contribution < -0.4 is 0 Å². The molecule has 0 saturated heterocycles. The van der Waals surface area contributed by atoms with E-state index >= 15 is 0 Å². The van der Waals surface area contributed by atoms with E-state index in [0.717, 1.165) is 5.56 Å². The predicted octanol–water partition coefficient (Wildman–Crippen LogP) is 5.21. The minimum absolute atomic E-state index is 0.0423. The molecule has 0 aliphatic rings. The summed E-state index contributed by atoms with van der Waals surface area (Å²) in [6.07, 6.45) is -4.17. The van der Waals surface area contributed by atoms with E-state index in [0.29, 0.717) is 5.56 Å². The van der Waals surface area contributed by atoms with Gasteiger partial charge < -0.3 is 0 Å². The van der Waals surface area contributed by atoms with E-state index in [4.69, 9.17) is 0 Å². The highest BCUT2D eigenvalue weighted by Gasteiger charge is 2.50. The summed E-state index contributed by atoms with van der Waals surface area (Å²) >= 11 is 0. The first-order valence-corrected chi connectivity index (χ1v) is 6.20. The Bertz CT molecular complexity index is 395. The maximum Gasteiger partial charge on any atom is 0.398 e. The fourth-order valence-corrected chi connectivity index (χ4v) is 1.91. The van der Waals surface area contributed by atoms with Crippen molar-refractivity contribution in [1.82, 2.24) is 0 Å². The summed E-state index contributed by atoms with van der Waals surface area (Å²) in [7, 11) is 0. The van der Waals surface area contributed by atoms with Crippen LogP contribution in [0.4, 0.5) is 13.2 Å². The van der Waals surface area contributed by atoms with Crippen molar-refractivity contribution in [3.05, 3.63) is 35.4 Å². The van der Waals surface area contributed by atoms with Crippen LogP contribution in [0.1, 0.15) is 52.2 Å². The lowest BCUT2D eigenvalue weighted by atomic mass is 9.77. The molecular weight excluding hydrogens is 237 g/mol. The highest BCUT2D eigenvalue weighted by Crippen LogP contribution is 2.43. The van der Waals surface area contributed by atoms with Crippen LogP contribution in [0, 0.1) is 0 Å². The highest BCUT2D eigenvalue weighted by atomic mass is 19.4. The van der Waals surface area contributed by atoms with E-state index in [1.54, 1.807) is 31.2 Å². The lowest BCUT2D eigenvalue weighted by Crippen LogP contribution is -2.38. The second-order valence-corrected chi connectivity index (χ2v) is 6.01. The molecule has 3 heteroatoms. The first-order valence-electron chi connectivity index (χ1n) is 6.20. The van der Waals surface area contributed by atoms with Crippen molar-refractivity contribution in [3.63, 3.8) is 0 Å². The van der Waals surface area contributed by atoms with Gasteiger partial charge in [0.05, 0.1) is 5.41 Å². The summed E-state index contributed by atoms with van der Waals surface area (Å²) in [4.78, 5) is 0. The number of alkyl halides is 3. The van der Waals surface area contributed by atoms with E-state index in [1.807, 2.05) is 20.8 Å². The molecule has 0 nitrogen and oxygen atoms in total. The minimum Gasteiger partial charge on any atom is -0.170 e. The van der Waals surface area contributed by atoms with Crippen LogP contribution in [-0.4, -0.2) is 6.18 Å². The average molecular weight is 258 g/mol. The molecule has 0 bridgehead atoms. The zero-order valence-corrected chi connectivity index (χ0v) is 11.7. The van der Waals surface area contributed by atoms with Gasteiger partial charge in [-0.05, 0) is 29.9 Å². The monoisotopic (exact) mass is 258 g/mol. The van der Waals surface area contributed by atoms with Gasteiger partial charge in [-0.3, -0.25) is 0 Å². The van der Waals surface area contributed by atoms with Gasteiger partial charge in [0.15, 0.2) is 0 Å². The van der Waals surface area contributed by atoms with Crippen LogP contribution in [0.3, 0.4) is 0 Å². The van der Waals surface area contributed by atoms with Crippen LogP contribution in [0.15, 0.2) is 24.3 Å². The van der Waals surface area contributed by atoms with Crippen molar-refractivity contribution in [2.75, 3.05) is 0 Å². The third-order valence-corrected chi connectivity index (χ3v) is 3.72. The number of halogens is 3. The molecule has 18 heavy (non-hydrogen) atoms. The van der Waals surface area contributed by atoms with Gasteiger partial charge in [-0.25, -0.2) is 0 Å². The smallest absolute Gasteiger partial charge is 0.170 e. The summed E-state index contributed by atoms with van der Waals surface area (Å²) < 4.78 is 39.4. The molecule has 1 atom stereocenters. The fourth-order valence-electron chi connectivity index (χ4n) is 1.91. The van der Waals surface area contributed by atoms with Gasteiger partial charge in [-0.15, -0.1) is 0 Å². The minimum atomic E-state index is -4.22. The zero-order chi connectivity index (χ0) is 14.2. The van der Waals surface area contributed by atoms with Gasteiger partial charge in [0.25, 0.3) is 0 Å². The second-order valence-electron chi connectivity index (χ2n) is 6.01. The third kappa shape index (κ3) is 2.70. The van der Waals surface area contributed by atoms with Crippen molar-refractivity contribution in [2.45, 2.75) is 58.0 Å². The molecule has 1 rings (SSSR count). The summed E-state index contributed by atoms with van der Waals surface area (Å²) in [5.74, 6) is 0. The molecule has 0 heterocycles. The first kappa shape index (κ1) is 15.1. The molecule has 0 aliphatic carbocycles. The third-order valence-electron chi connectivity index (χ3n) is 3.72. The topological polar surface area (TPSA) is 0 Å². The van der Waals surface area contributed by atoms with Crippen molar-refractivity contribution in [2.24, 2.45) is 0 Å². The Hall–Kier alpha value is -0.990. The Balaban J connectivity index is 3.19. The van der Waals surface area contributed by atoms with Gasteiger partial charge in [-0.1, -0.05) is 52.0 Å². The van der Waals surface area contributed by atoms with Crippen molar-refractivity contribution >= 4 is 0 Å². The Morgan fingerprint density at radius 1 is 0.833 bits per heavy atom. The van der Waals surface area contributed by atoms with Gasteiger partial charge >= 0.3 is 6.18 Å². The molecule has 0 radical (unpaired) electrons. The molecular formula is C15H21F3. The number of benzene rings is 1. The van der Waals surface area contributed by atoms with E-state index in [9.17, 15) is 13.2 Å². The molecule has 102 valence electrons. The molecule has 0 spiro atoms. The molecule has 1 aromatic carbocycles. The largest absolute Gasteiger partial charge is 0.398 e. The lowest BCUT2D eigenvalue weighted by molar-refractivity contribution is -0.186. The first-order chi connectivity index (χ1) is 8.02. The highest BCUT2D eigenvalue weighted by molar-refractivity contribution is 5.33. The Kier molecular flexibility index (Phi) is 3.85. The average Bonchev–Trinajstić information content (AvgIpc) is 2.25. The number of rotatable bonds is 2. The zero-order valence-electron chi connectivity index (χ0n) is 11.7. The lowest BCUT2D eigenvalue weighted by Gasteiger charge is -2.32. The molecule has 0 aliphatic heterocycles. The van der Waals surface area contributed by atoms with Crippen LogP contribution in [0.2, 0.25) is 0 Å². The molecule has 1 aromatic rings. The summed E-state index contributed by atoms with van der Waals surface area (Å²) in [5.41, 5.74) is -0.416. The van der Waals surface area contributed by atoms with Crippen molar-refractivity contribution < 1.29 is 13.2 Å². The quantitative estimate of drug-likeness (QED) is 0.682. The molecule has 0 amide bonds. The number of hydrogen-bond donors (Lipinski definition) is 0. The van der Waals surface area contributed by atoms with Gasteiger partial charge in [0, 0.05) is 0 Å². The Labute approximate surface area is 107 Å². The molecule has 0 saturated carbocycles. The maximum atomic E-state index is 13.1. The van der Waals surface area contributed by atoms with Gasteiger partial charge in [0.2, 0.25) is 0 Å². The van der Waals surface area contributed by atoms with E-state index in [1.165, 1.54) is 6.92 Å². The predicted molar refractivity (Wildman–Crippen MR) is 68.8 cm³/mol. The number of hydrogen-bond acceptors (Lipinski definition) is 0. The van der Waals surface area contributed by atoms with Crippen LogP contribution in [0.25, 0.3) is 0 Å². The van der Waals surface area contributed by atoms with E-state index < -0.39 is 11.6 Å². The van der Waals surface area contributed by atoms with Gasteiger partial charge in [0.1, 0.15) is 0 Å². The molecule has 0 N–H and O–H groups in total. The van der Waals surface area contributed by atoms with Crippen LogP contribution in [-0.2, 0) is 10.8 Å². The SMILES string of the molecule is CCC(C)(c1ccc(C(C)(C)C)cc1)C(F)(F)F. The molecule has 0 fully saturated rings. The van der Waals surface area contributed by atoms with Crippen molar-refractivity contribution in [3.8, 4) is 0 Å².